The van der Waals surface area contributed by atoms with Crippen LogP contribution < -0.4 is 10.9 Å². The minimum absolute atomic E-state index is 0.739. The molecular weight excluding hydrogens is 745 g/mol. The monoisotopic (exact) mass is 796 g/mol. The Morgan fingerprint density at radius 3 is 2.10 bits per heavy atom. The fourth-order valence-corrected chi connectivity index (χ4v) is 7.01. The molecule has 5 aromatic heterocycles. The van der Waals surface area contributed by atoms with E-state index in [2.05, 4.69) is 69.6 Å². The molecule has 13 nitrogen and oxygen atoms in total. The standard InChI is InChI=1S/C22H22N6S.C20H24N6O.C2H6/c1-16(26-27-22-25-20-10-3-4-12-21(20)29-22)19-11-7-9-18(24-19)15-28(2)14-17-8-5-6-13-23-17;1-16(17-6-4-5-9-21-17)23-24-20-22-18-7-2-3-8-19(18)26(20)11-10-25-12-14-27-15-13-25;1-2/h3-13H,14-15H2,1-2H3,(H,25,27);2-9H,10-15H2,1H3,(H,22,24);1-2H3/b26-16+;23-16+;. The molecule has 1 fully saturated rings. The molecule has 2 N–H and O–H groups in total. The van der Waals surface area contributed by atoms with Crippen LogP contribution in [0, 0.1) is 0 Å². The summed E-state index contributed by atoms with van der Waals surface area (Å²) in [5.74, 6) is 0.750. The normalized spacial score (nSPS) is 13.5. The molecule has 300 valence electrons. The first-order chi connectivity index (χ1) is 28.5. The van der Waals surface area contributed by atoms with Crippen LogP contribution in [0.15, 0.2) is 126 Å². The van der Waals surface area contributed by atoms with E-state index in [-0.39, 0.29) is 0 Å². The molecule has 0 unspecified atom stereocenters. The molecule has 58 heavy (non-hydrogen) atoms. The van der Waals surface area contributed by atoms with Crippen LogP contribution in [0.4, 0.5) is 11.1 Å². The van der Waals surface area contributed by atoms with Crippen LogP contribution in [0.2, 0.25) is 0 Å². The Hall–Kier alpha value is -5.93. The number of anilines is 2. The molecule has 7 aromatic rings. The van der Waals surface area contributed by atoms with Gasteiger partial charge in [0.2, 0.25) is 11.1 Å². The molecule has 0 bridgehead atoms. The van der Waals surface area contributed by atoms with Crippen molar-refractivity contribution in [2.75, 3.05) is 50.7 Å². The first-order valence-corrected chi connectivity index (χ1v) is 20.5. The Bertz CT molecular complexity index is 2340. The molecule has 1 aliphatic heterocycles. The van der Waals surface area contributed by atoms with E-state index in [1.807, 2.05) is 125 Å². The van der Waals surface area contributed by atoms with E-state index in [1.54, 1.807) is 17.5 Å². The maximum atomic E-state index is 5.44. The Morgan fingerprint density at radius 2 is 1.34 bits per heavy atom. The molecule has 0 atom stereocenters. The van der Waals surface area contributed by atoms with Gasteiger partial charge in [0.15, 0.2) is 0 Å². The third-order valence-corrected chi connectivity index (χ3v) is 10.1. The van der Waals surface area contributed by atoms with Crippen molar-refractivity contribution in [3.63, 3.8) is 0 Å². The third-order valence-electron chi connectivity index (χ3n) is 9.14. The predicted molar refractivity (Wildman–Crippen MR) is 238 cm³/mol. The fraction of sp³-hybridized carbons (Fsp3) is 0.295. The number of fused-ring (bicyclic) bond motifs is 2. The minimum atomic E-state index is 0.739. The largest absolute Gasteiger partial charge is 0.379 e. The molecule has 8 rings (SSSR count). The van der Waals surface area contributed by atoms with Crippen LogP contribution in [0.5, 0.6) is 0 Å². The number of morpholine rings is 1. The summed E-state index contributed by atoms with van der Waals surface area (Å²) in [6, 6.07) is 34.0. The highest BCUT2D eigenvalue weighted by molar-refractivity contribution is 7.22. The number of hydrazone groups is 2. The Balaban J connectivity index is 0.000000188. The lowest BCUT2D eigenvalue weighted by Crippen LogP contribution is -2.38. The van der Waals surface area contributed by atoms with E-state index in [4.69, 9.17) is 14.7 Å². The van der Waals surface area contributed by atoms with Crippen LogP contribution in [0.1, 0.15) is 50.5 Å². The maximum Gasteiger partial charge on any atom is 0.224 e. The van der Waals surface area contributed by atoms with Crippen molar-refractivity contribution in [2.45, 2.75) is 47.3 Å². The molecular formula is C44H52N12OS. The van der Waals surface area contributed by atoms with E-state index in [9.17, 15) is 0 Å². The van der Waals surface area contributed by atoms with Crippen molar-refractivity contribution in [1.29, 1.82) is 0 Å². The highest BCUT2D eigenvalue weighted by Gasteiger charge is 2.14. The van der Waals surface area contributed by atoms with Crippen LogP contribution in [-0.2, 0) is 24.4 Å². The lowest BCUT2D eigenvalue weighted by Gasteiger charge is -2.26. The van der Waals surface area contributed by atoms with Gasteiger partial charge in [0.1, 0.15) is 0 Å². The fourth-order valence-electron chi connectivity index (χ4n) is 6.20. The van der Waals surface area contributed by atoms with Gasteiger partial charge in [-0.25, -0.2) is 15.4 Å². The Morgan fingerprint density at radius 1 is 0.690 bits per heavy atom. The predicted octanol–water partition coefficient (Wildman–Crippen LogP) is 8.18. The van der Waals surface area contributed by atoms with Gasteiger partial charge < -0.3 is 9.30 Å². The summed E-state index contributed by atoms with van der Waals surface area (Å²) in [6.45, 7) is 14.8. The number of rotatable bonds is 13. The van der Waals surface area contributed by atoms with Crippen LogP contribution in [0.25, 0.3) is 21.3 Å². The highest BCUT2D eigenvalue weighted by atomic mass is 32.1. The summed E-state index contributed by atoms with van der Waals surface area (Å²) in [4.78, 5) is 27.4. The topological polar surface area (TPSA) is 134 Å². The molecule has 0 saturated carbocycles. The van der Waals surface area contributed by atoms with Gasteiger partial charge >= 0.3 is 0 Å². The zero-order chi connectivity index (χ0) is 40.5. The van der Waals surface area contributed by atoms with Crippen molar-refractivity contribution in [3.05, 3.63) is 138 Å². The number of aromatic nitrogens is 6. The average Bonchev–Trinajstić information content (AvgIpc) is 3.86. The van der Waals surface area contributed by atoms with Gasteiger partial charge in [-0.1, -0.05) is 67.6 Å². The molecule has 0 radical (unpaired) electrons. The van der Waals surface area contributed by atoms with Gasteiger partial charge in [-0.2, -0.15) is 10.2 Å². The first-order valence-electron chi connectivity index (χ1n) is 19.7. The number of benzene rings is 2. The molecule has 1 aliphatic rings. The smallest absolute Gasteiger partial charge is 0.224 e. The number of ether oxygens (including phenoxy) is 1. The van der Waals surface area contributed by atoms with E-state index < -0.39 is 0 Å². The van der Waals surface area contributed by atoms with Crippen molar-refractivity contribution >= 4 is 55.1 Å². The number of imidazole rings is 1. The van der Waals surface area contributed by atoms with Gasteiger partial charge in [-0.3, -0.25) is 30.2 Å². The highest BCUT2D eigenvalue weighted by Crippen LogP contribution is 2.25. The number of nitrogens with zero attached hydrogens (tertiary/aromatic N) is 10. The summed E-state index contributed by atoms with van der Waals surface area (Å²) in [6.07, 6.45) is 3.59. The van der Waals surface area contributed by atoms with Crippen LogP contribution >= 0.6 is 11.3 Å². The molecule has 14 heteroatoms. The molecule has 0 spiro atoms. The molecule has 2 aromatic carbocycles. The van der Waals surface area contributed by atoms with E-state index in [0.717, 1.165) is 119 Å². The average molecular weight is 797 g/mol. The first kappa shape index (κ1) is 41.7. The number of para-hydroxylation sites is 3. The van der Waals surface area contributed by atoms with E-state index >= 15 is 0 Å². The number of hydrogen-bond donors (Lipinski definition) is 2. The summed E-state index contributed by atoms with van der Waals surface area (Å²) >= 11 is 1.58. The molecule has 0 aliphatic carbocycles. The third kappa shape index (κ3) is 11.8. The van der Waals surface area contributed by atoms with Crippen molar-refractivity contribution in [1.82, 2.24) is 39.3 Å². The molecule has 0 amide bonds. The van der Waals surface area contributed by atoms with Gasteiger partial charge in [0.05, 0.1) is 68.7 Å². The minimum Gasteiger partial charge on any atom is -0.379 e. The van der Waals surface area contributed by atoms with Gasteiger partial charge in [0.25, 0.3) is 0 Å². The lowest BCUT2D eigenvalue weighted by molar-refractivity contribution is 0.0366. The molecule has 1 saturated heterocycles. The Labute approximate surface area is 344 Å². The quantitative estimate of drug-likeness (QED) is 0.0870. The van der Waals surface area contributed by atoms with Crippen molar-refractivity contribution in [2.24, 2.45) is 10.2 Å². The number of pyridine rings is 3. The van der Waals surface area contributed by atoms with Gasteiger partial charge in [-0.15, -0.1) is 0 Å². The number of thiazole rings is 1. The van der Waals surface area contributed by atoms with Gasteiger partial charge in [0, 0.05) is 51.7 Å². The summed E-state index contributed by atoms with van der Waals surface area (Å²) in [5.41, 5.74) is 14.6. The van der Waals surface area contributed by atoms with Crippen molar-refractivity contribution in [3.8, 4) is 0 Å². The zero-order valence-corrected chi connectivity index (χ0v) is 34.7. The SMILES string of the molecule is C/C(=N\Nc1nc2ccccc2n1CCN1CCOCC1)c1ccccn1.C/C(=N\Nc1nc2ccccc2s1)c1cccc(CN(C)Cc2ccccn2)n1.CC. The van der Waals surface area contributed by atoms with Crippen LogP contribution in [0.3, 0.4) is 0 Å². The van der Waals surface area contributed by atoms with Crippen LogP contribution in [-0.4, -0.2) is 90.6 Å². The van der Waals surface area contributed by atoms with Gasteiger partial charge in [-0.05, 0) is 81.6 Å². The second-order valence-corrected chi connectivity index (χ2v) is 14.4. The number of nitrogens with one attached hydrogen (secondary N) is 2. The maximum absolute atomic E-state index is 5.44. The Kier molecular flexibility index (Phi) is 15.5. The van der Waals surface area contributed by atoms with Crippen molar-refractivity contribution < 1.29 is 4.74 Å². The summed E-state index contributed by atoms with van der Waals surface area (Å²) < 4.78 is 8.77. The summed E-state index contributed by atoms with van der Waals surface area (Å²) in [5, 5.41) is 9.75. The second-order valence-electron chi connectivity index (χ2n) is 13.4. The summed E-state index contributed by atoms with van der Waals surface area (Å²) in [7, 11) is 2.07. The lowest BCUT2D eigenvalue weighted by atomic mass is 10.2. The van der Waals surface area contributed by atoms with E-state index in [0.29, 0.717) is 0 Å². The van der Waals surface area contributed by atoms with E-state index in [1.165, 1.54) is 0 Å². The zero-order valence-electron chi connectivity index (χ0n) is 33.9. The second kappa shape index (κ2) is 21.6. The number of hydrogen-bond acceptors (Lipinski definition) is 13. The molecule has 6 heterocycles.